The molecule has 4 heteroatoms. The molecule has 1 aliphatic rings. The van der Waals surface area contributed by atoms with Crippen LogP contribution >= 0.6 is 0 Å². The smallest absolute Gasteiger partial charge is 0.232 e. The summed E-state index contributed by atoms with van der Waals surface area (Å²) in [5.41, 5.74) is 7.02. The quantitative estimate of drug-likeness (QED) is 0.893. The number of hydrogen-bond donors (Lipinski definition) is 1. The second-order valence-electron chi connectivity index (χ2n) is 5.14. The molecule has 98 valence electrons. The van der Waals surface area contributed by atoms with Crippen molar-refractivity contribution in [2.75, 3.05) is 17.7 Å². The summed E-state index contributed by atoms with van der Waals surface area (Å²) in [5.74, 6) is 0.195. The number of nitrogens with zero attached hydrogens (tertiary/aromatic N) is 2. The van der Waals surface area contributed by atoms with E-state index in [0.29, 0.717) is 5.69 Å². The molecule has 1 heterocycles. The molecule has 1 aliphatic carbocycles. The predicted molar refractivity (Wildman–Crippen MR) is 73.3 cm³/mol. The average Bonchev–Trinajstić information content (AvgIpc) is 2.87. The van der Waals surface area contributed by atoms with Gasteiger partial charge in [0.15, 0.2) is 0 Å². The van der Waals surface area contributed by atoms with Gasteiger partial charge >= 0.3 is 0 Å². The standard InChI is InChI=1S/C14H21N3O/c1-3-14(7-4-5-8-14)13(18)17(2)12-6-9-16-10-11(12)15/h6,9-10H,3-5,7-8,15H2,1-2H3. The molecule has 1 aromatic heterocycles. The van der Waals surface area contributed by atoms with Crippen molar-refractivity contribution in [3.05, 3.63) is 18.5 Å². The lowest BCUT2D eigenvalue weighted by Gasteiger charge is -2.31. The second-order valence-corrected chi connectivity index (χ2v) is 5.14. The third-order valence-corrected chi connectivity index (χ3v) is 4.18. The number of aromatic nitrogens is 1. The number of pyridine rings is 1. The summed E-state index contributed by atoms with van der Waals surface area (Å²) in [7, 11) is 1.81. The molecule has 0 saturated heterocycles. The Morgan fingerprint density at radius 1 is 1.50 bits per heavy atom. The highest BCUT2D eigenvalue weighted by Crippen LogP contribution is 2.43. The van der Waals surface area contributed by atoms with Crippen LogP contribution in [0.3, 0.4) is 0 Å². The van der Waals surface area contributed by atoms with Gasteiger partial charge in [0.05, 0.1) is 17.6 Å². The molecule has 2 rings (SSSR count). The number of nitrogens with two attached hydrogens (primary N) is 1. The van der Waals surface area contributed by atoms with Gasteiger partial charge in [-0.2, -0.15) is 0 Å². The van der Waals surface area contributed by atoms with Gasteiger partial charge in [0.1, 0.15) is 0 Å². The molecule has 0 spiro atoms. The number of carbonyl (C=O) groups is 1. The molecule has 1 aromatic rings. The van der Waals surface area contributed by atoms with E-state index in [-0.39, 0.29) is 11.3 Å². The first-order chi connectivity index (χ1) is 8.60. The summed E-state index contributed by atoms with van der Waals surface area (Å²) in [6.07, 6.45) is 8.46. The van der Waals surface area contributed by atoms with E-state index in [9.17, 15) is 4.79 Å². The van der Waals surface area contributed by atoms with Crippen molar-refractivity contribution >= 4 is 17.3 Å². The minimum absolute atomic E-state index is 0.176. The Labute approximate surface area is 108 Å². The highest BCUT2D eigenvalue weighted by molar-refractivity contribution is 5.99. The van der Waals surface area contributed by atoms with Crippen molar-refractivity contribution in [3.8, 4) is 0 Å². The largest absolute Gasteiger partial charge is 0.396 e. The van der Waals surface area contributed by atoms with E-state index in [2.05, 4.69) is 11.9 Å². The predicted octanol–water partition coefficient (Wildman–Crippen LogP) is 2.60. The van der Waals surface area contributed by atoms with E-state index < -0.39 is 0 Å². The van der Waals surface area contributed by atoms with Gasteiger partial charge in [-0.1, -0.05) is 19.8 Å². The zero-order valence-corrected chi connectivity index (χ0v) is 11.1. The van der Waals surface area contributed by atoms with Crippen LogP contribution in [0, 0.1) is 5.41 Å². The molecular formula is C14H21N3O. The molecule has 4 nitrogen and oxygen atoms in total. The van der Waals surface area contributed by atoms with Crippen LogP contribution in [0.25, 0.3) is 0 Å². The van der Waals surface area contributed by atoms with E-state index in [0.717, 1.165) is 37.8 Å². The van der Waals surface area contributed by atoms with Crippen molar-refractivity contribution in [3.63, 3.8) is 0 Å². The van der Waals surface area contributed by atoms with Gasteiger partial charge in [0.2, 0.25) is 5.91 Å². The minimum Gasteiger partial charge on any atom is -0.396 e. The fourth-order valence-electron chi connectivity index (χ4n) is 2.94. The van der Waals surface area contributed by atoms with Crippen LogP contribution in [0.15, 0.2) is 18.5 Å². The molecule has 1 amide bonds. The maximum atomic E-state index is 12.7. The maximum Gasteiger partial charge on any atom is 0.232 e. The Bertz CT molecular complexity index is 438. The number of amides is 1. The molecule has 0 bridgehead atoms. The van der Waals surface area contributed by atoms with Crippen LogP contribution in [0.5, 0.6) is 0 Å². The lowest BCUT2D eigenvalue weighted by molar-refractivity contribution is -0.127. The molecule has 0 atom stereocenters. The van der Waals surface area contributed by atoms with Gasteiger partial charge in [0, 0.05) is 18.7 Å². The molecular weight excluding hydrogens is 226 g/mol. The van der Waals surface area contributed by atoms with Gasteiger partial charge in [-0.05, 0) is 25.3 Å². The molecule has 0 aromatic carbocycles. The highest BCUT2D eigenvalue weighted by Gasteiger charge is 2.41. The summed E-state index contributed by atoms with van der Waals surface area (Å²) in [5, 5.41) is 0. The van der Waals surface area contributed by atoms with Gasteiger partial charge in [-0.25, -0.2) is 0 Å². The number of carbonyl (C=O) groups excluding carboxylic acids is 1. The van der Waals surface area contributed by atoms with Gasteiger partial charge < -0.3 is 10.6 Å². The van der Waals surface area contributed by atoms with E-state index in [1.165, 1.54) is 0 Å². The number of anilines is 2. The molecule has 1 saturated carbocycles. The summed E-state index contributed by atoms with van der Waals surface area (Å²) in [6, 6.07) is 1.80. The minimum atomic E-state index is -0.176. The van der Waals surface area contributed by atoms with Crippen LogP contribution in [0.1, 0.15) is 39.0 Å². The third kappa shape index (κ3) is 2.07. The van der Waals surface area contributed by atoms with Gasteiger partial charge in [-0.3, -0.25) is 9.78 Å². The lowest BCUT2D eigenvalue weighted by atomic mass is 9.82. The first kappa shape index (κ1) is 12.9. The second kappa shape index (κ2) is 4.96. The monoisotopic (exact) mass is 247 g/mol. The Morgan fingerprint density at radius 2 is 2.17 bits per heavy atom. The molecule has 0 aliphatic heterocycles. The third-order valence-electron chi connectivity index (χ3n) is 4.18. The summed E-state index contributed by atoms with van der Waals surface area (Å²) in [4.78, 5) is 18.4. The van der Waals surface area contributed by atoms with Crippen molar-refractivity contribution in [2.45, 2.75) is 39.0 Å². The van der Waals surface area contributed by atoms with Gasteiger partial charge in [0.25, 0.3) is 0 Å². The molecule has 1 fully saturated rings. The Morgan fingerprint density at radius 3 is 2.72 bits per heavy atom. The zero-order chi connectivity index (χ0) is 13.2. The zero-order valence-electron chi connectivity index (χ0n) is 11.1. The topological polar surface area (TPSA) is 59.2 Å². The summed E-state index contributed by atoms with van der Waals surface area (Å²) >= 11 is 0. The normalized spacial score (nSPS) is 17.7. The first-order valence-corrected chi connectivity index (χ1v) is 6.58. The van der Waals surface area contributed by atoms with E-state index in [4.69, 9.17) is 5.73 Å². The van der Waals surface area contributed by atoms with Crippen molar-refractivity contribution in [1.82, 2.24) is 4.98 Å². The lowest BCUT2D eigenvalue weighted by Crippen LogP contribution is -2.40. The van der Waals surface area contributed by atoms with Crippen molar-refractivity contribution < 1.29 is 4.79 Å². The number of nitrogen functional groups attached to an aromatic ring is 1. The van der Waals surface area contributed by atoms with Crippen molar-refractivity contribution in [1.29, 1.82) is 0 Å². The van der Waals surface area contributed by atoms with Crippen LogP contribution < -0.4 is 10.6 Å². The molecule has 0 unspecified atom stereocenters. The van der Waals surface area contributed by atoms with Crippen LogP contribution in [-0.4, -0.2) is 17.9 Å². The van der Waals surface area contributed by atoms with E-state index in [1.807, 2.05) is 7.05 Å². The van der Waals surface area contributed by atoms with Gasteiger partial charge in [-0.15, -0.1) is 0 Å². The SMILES string of the molecule is CCC1(C(=O)N(C)c2ccncc2N)CCCC1. The van der Waals surface area contributed by atoms with Crippen molar-refractivity contribution in [2.24, 2.45) is 5.41 Å². The summed E-state index contributed by atoms with van der Waals surface area (Å²) in [6.45, 7) is 2.10. The van der Waals surface area contributed by atoms with Crippen LogP contribution in [0.4, 0.5) is 11.4 Å². The maximum absolute atomic E-state index is 12.7. The molecule has 18 heavy (non-hydrogen) atoms. The van der Waals surface area contributed by atoms with E-state index in [1.54, 1.807) is 23.4 Å². The fraction of sp³-hybridized carbons (Fsp3) is 0.571. The first-order valence-electron chi connectivity index (χ1n) is 6.58. The highest BCUT2D eigenvalue weighted by atomic mass is 16.2. The van der Waals surface area contributed by atoms with Crippen LogP contribution in [0.2, 0.25) is 0 Å². The Balaban J connectivity index is 2.26. The number of rotatable bonds is 3. The Kier molecular flexibility index (Phi) is 3.55. The fourth-order valence-corrected chi connectivity index (χ4v) is 2.94. The van der Waals surface area contributed by atoms with Crippen LogP contribution in [-0.2, 0) is 4.79 Å². The molecule has 0 radical (unpaired) electrons. The molecule has 2 N–H and O–H groups in total. The summed E-state index contributed by atoms with van der Waals surface area (Å²) < 4.78 is 0. The number of hydrogen-bond acceptors (Lipinski definition) is 3. The van der Waals surface area contributed by atoms with E-state index >= 15 is 0 Å². The average molecular weight is 247 g/mol. The Hall–Kier alpha value is -1.58.